The van der Waals surface area contributed by atoms with Crippen molar-refractivity contribution in [2.24, 2.45) is 5.84 Å². The van der Waals surface area contributed by atoms with Crippen LogP contribution in [0.25, 0.3) is 0 Å². The van der Waals surface area contributed by atoms with Gasteiger partial charge in [0.1, 0.15) is 0 Å². The summed E-state index contributed by atoms with van der Waals surface area (Å²) in [6.45, 7) is 7.78. The highest BCUT2D eigenvalue weighted by Crippen LogP contribution is 2.16. The van der Waals surface area contributed by atoms with E-state index in [1.54, 1.807) is 7.11 Å². The quantitative estimate of drug-likeness (QED) is 0.352. The zero-order valence-corrected chi connectivity index (χ0v) is 12.2. The van der Waals surface area contributed by atoms with Crippen LogP contribution >= 0.6 is 0 Å². The van der Waals surface area contributed by atoms with Crippen molar-refractivity contribution in [3.8, 4) is 0 Å². The number of carbonyl (C=O) groups excluding carboxylic acids is 1. The molecule has 0 rings (SSSR count). The van der Waals surface area contributed by atoms with Crippen LogP contribution in [0.4, 0.5) is 0 Å². The summed E-state index contributed by atoms with van der Waals surface area (Å²) < 4.78 is 5.15. The number of nitrogens with one attached hydrogen (secondary N) is 1. The lowest BCUT2D eigenvalue weighted by molar-refractivity contribution is -0.128. The van der Waals surface area contributed by atoms with E-state index in [9.17, 15) is 4.79 Å². The summed E-state index contributed by atoms with van der Waals surface area (Å²) in [6.07, 6.45) is 3.83. The smallest absolute Gasteiger partial charge is 0.251 e. The Morgan fingerprint density at radius 3 is 2.33 bits per heavy atom. The maximum Gasteiger partial charge on any atom is 0.251 e. The molecule has 0 aromatic carbocycles. The van der Waals surface area contributed by atoms with Gasteiger partial charge in [-0.05, 0) is 19.3 Å². The third-order valence-electron chi connectivity index (χ3n) is 3.37. The number of nitrogens with zero attached hydrogens (tertiary/aromatic N) is 1. The Labute approximate surface area is 111 Å². The first kappa shape index (κ1) is 17.4. The summed E-state index contributed by atoms with van der Waals surface area (Å²) >= 11 is 0. The van der Waals surface area contributed by atoms with E-state index in [0.717, 1.165) is 32.2 Å². The molecule has 0 radical (unpaired) electrons. The molecule has 0 heterocycles. The highest BCUT2D eigenvalue weighted by molar-refractivity contribution is 5.81. The van der Waals surface area contributed by atoms with Crippen molar-refractivity contribution in [3.63, 3.8) is 0 Å². The Morgan fingerprint density at radius 1 is 1.33 bits per heavy atom. The molecule has 0 saturated carbocycles. The maximum absolute atomic E-state index is 11.9. The number of hydrogen-bond donors (Lipinski definition) is 2. The molecule has 0 aliphatic carbocycles. The lowest BCUT2D eigenvalue weighted by Crippen LogP contribution is -2.53. The lowest BCUT2D eigenvalue weighted by Gasteiger charge is -2.36. The van der Waals surface area contributed by atoms with Gasteiger partial charge in [0.2, 0.25) is 0 Å². The molecule has 5 heteroatoms. The van der Waals surface area contributed by atoms with Crippen LogP contribution in [0.2, 0.25) is 0 Å². The fraction of sp³-hybridized carbons (Fsp3) is 0.923. The molecule has 108 valence electrons. The van der Waals surface area contributed by atoms with E-state index in [0.29, 0.717) is 12.6 Å². The van der Waals surface area contributed by atoms with E-state index in [-0.39, 0.29) is 11.9 Å². The molecule has 18 heavy (non-hydrogen) atoms. The Bertz CT molecular complexity index is 220. The molecule has 0 bridgehead atoms. The van der Waals surface area contributed by atoms with Gasteiger partial charge < -0.3 is 4.74 Å². The van der Waals surface area contributed by atoms with E-state index >= 15 is 0 Å². The van der Waals surface area contributed by atoms with Crippen molar-refractivity contribution in [1.29, 1.82) is 0 Å². The van der Waals surface area contributed by atoms with Gasteiger partial charge in [-0.15, -0.1) is 0 Å². The van der Waals surface area contributed by atoms with Crippen LogP contribution in [0.15, 0.2) is 0 Å². The van der Waals surface area contributed by atoms with Gasteiger partial charge in [-0.3, -0.25) is 15.1 Å². The van der Waals surface area contributed by atoms with Gasteiger partial charge in [0.05, 0.1) is 12.6 Å². The SMILES string of the molecule is CCCC(C(=O)NN)N(CCOC)C(CC)CC. The number of nitrogens with two attached hydrogens (primary N) is 1. The van der Waals surface area contributed by atoms with E-state index in [1.165, 1.54) is 0 Å². The Balaban J connectivity index is 4.88. The highest BCUT2D eigenvalue weighted by Gasteiger charge is 2.28. The molecule has 5 nitrogen and oxygen atoms in total. The van der Waals surface area contributed by atoms with Gasteiger partial charge in [-0.1, -0.05) is 27.2 Å². The molecule has 0 aromatic rings. The van der Waals surface area contributed by atoms with Gasteiger partial charge in [-0.25, -0.2) is 5.84 Å². The first-order valence-electron chi connectivity index (χ1n) is 6.91. The molecular formula is C13H29N3O2. The van der Waals surface area contributed by atoms with E-state index < -0.39 is 0 Å². The Kier molecular flexibility index (Phi) is 9.92. The minimum absolute atomic E-state index is 0.0974. The molecular weight excluding hydrogens is 230 g/mol. The zero-order valence-electron chi connectivity index (χ0n) is 12.2. The Hall–Kier alpha value is -0.650. The second-order valence-corrected chi connectivity index (χ2v) is 4.51. The van der Waals surface area contributed by atoms with E-state index in [1.807, 2.05) is 0 Å². The molecule has 0 aliphatic rings. The van der Waals surface area contributed by atoms with Crippen LogP contribution in [0, 0.1) is 0 Å². The number of ether oxygens (including phenoxy) is 1. The van der Waals surface area contributed by atoms with E-state index in [4.69, 9.17) is 10.6 Å². The van der Waals surface area contributed by atoms with Crippen molar-refractivity contribution in [1.82, 2.24) is 10.3 Å². The van der Waals surface area contributed by atoms with Gasteiger partial charge in [0, 0.05) is 19.7 Å². The molecule has 1 unspecified atom stereocenters. The van der Waals surface area contributed by atoms with Crippen molar-refractivity contribution in [3.05, 3.63) is 0 Å². The molecule has 0 fully saturated rings. The van der Waals surface area contributed by atoms with Crippen LogP contribution in [0.3, 0.4) is 0 Å². The summed E-state index contributed by atoms with van der Waals surface area (Å²) in [6, 6.07) is 0.244. The summed E-state index contributed by atoms with van der Waals surface area (Å²) in [5.74, 6) is 5.20. The maximum atomic E-state index is 11.9. The summed E-state index contributed by atoms with van der Waals surface area (Å²) in [5.41, 5.74) is 2.29. The number of hydrazine groups is 1. The van der Waals surface area contributed by atoms with Gasteiger partial charge in [-0.2, -0.15) is 0 Å². The highest BCUT2D eigenvalue weighted by atomic mass is 16.5. The summed E-state index contributed by atoms with van der Waals surface area (Å²) in [7, 11) is 1.68. The zero-order chi connectivity index (χ0) is 14.0. The van der Waals surface area contributed by atoms with Crippen LogP contribution < -0.4 is 11.3 Å². The van der Waals surface area contributed by atoms with Crippen LogP contribution in [-0.4, -0.2) is 43.2 Å². The van der Waals surface area contributed by atoms with Crippen molar-refractivity contribution >= 4 is 5.91 Å². The first-order valence-corrected chi connectivity index (χ1v) is 6.91. The second kappa shape index (κ2) is 10.3. The normalized spacial score (nSPS) is 13.1. The lowest BCUT2D eigenvalue weighted by atomic mass is 10.0. The second-order valence-electron chi connectivity index (χ2n) is 4.51. The molecule has 3 N–H and O–H groups in total. The molecule has 0 spiro atoms. The fourth-order valence-electron chi connectivity index (χ4n) is 2.36. The van der Waals surface area contributed by atoms with Crippen LogP contribution in [0.1, 0.15) is 46.5 Å². The largest absolute Gasteiger partial charge is 0.383 e. The number of rotatable bonds is 10. The average molecular weight is 259 g/mol. The molecule has 0 saturated heterocycles. The predicted molar refractivity (Wildman–Crippen MR) is 74.0 cm³/mol. The monoisotopic (exact) mass is 259 g/mol. The number of hydrogen-bond acceptors (Lipinski definition) is 4. The van der Waals surface area contributed by atoms with Gasteiger partial charge in [0.15, 0.2) is 0 Å². The van der Waals surface area contributed by atoms with Crippen molar-refractivity contribution < 1.29 is 9.53 Å². The first-order chi connectivity index (χ1) is 8.65. The predicted octanol–water partition coefficient (Wildman–Crippen LogP) is 1.28. The van der Waals surface area contributed by atoms with E-state index in [2.05, 4.69) is 31.1 Å². The fourth-order valence-corrected chi connectivity index (χ4v) is 2.36. The number of carbonyl (C=O) groups is 1. The number of methoxy groups -OCH3 is 1. The minimum Gasteiger partial charge on any atom is -0.383 e. The molecule has 1 amide bonds. The summed E-state index contributed by atoms with van der Waals surface area (Å²) in [4.78, 5) is 14.2. The third-order valence-corrected chi connectivity index (χ3v) is 3.37. The van der Waals surface area contributed by atoms with Crippen molar-refractivity contribution in [2.75, 3.05) is 20.3 Å². The van der Waals surface area contributed by atoms with Gasteiger partial charge >= 0.3 is 0 Å². The third kappa shape index (κ3) is 5.33. The van der Waals surface area contributed by atoms with Crippen LogP contribution in [-0.2, 0) is 9.53 Å². The summed E-state index contributed by atoms with van der Waals surface area (Å²) in [5, 5.41) is 0. The Morgan fingerprint density at radius 2 is 1.94 bits per heavy atom. The standard InChI is InChI=1S/C13H29N3O2/c1-5-8-12(13(17)15-14)16(9-10-18-4)11(6-2)7-3/h11-12H,5-10,14H2,1-4H3,(H,15,17). The minimum atomic E-state index is -0.153. The van der Waals surface area contributed by atoms with Crippen molar-refractivity contribution in [2.45, 2.75) is 58.5 Å². The molecule has 1 atom stereocenters. The number of amides is 1. The topological polar surface area (TPSA) is 67.6 Å². The van der Waals surface area contributed by atoms with Gasteiger partial charge in [0.25, 0.3) is 5.91 Å². The van der Waals surface area contributed by atoms with Crippen LogP contribution in [0.5, 0.6) is 0 Å². The average Bonchev–Trinajstić information content (AvgIpc) is 2.40. The molecule has 0 aromatic heterocycles. The molecule has 0 aliphatic heterocycles.